The monoisotopic (exact) mass is 404 g/mol. The van der Waals surface area contributed by atoms with Crippen molar-refractivity contribution in [3.63, 3.8) is 0 Å². The molecule has 0 bridgehead atoms. The third kappa shape index (κ3) is 4.00. The number of nitro groups is 1. The molecule has 0 spiro atoms. The third-order valence-electron chi connectivity index (χ3n) is 4.86. The Morgan fingerprint density at radius 3 is 2.18 bits per heavy atom. The maximum atomic E-state index is 13.0. The van der Waals surface area contributed by atoms with Gasteiger partial charge in [-0.1, -0.05) is 32.9 Å². The Hall–Kier alpha value is -2.52. The number of piperazine rings is 1. The molecule has 2 aromatic rings. The maximum absolute atomic E-state index is 13.0. The van der Waals surface area contributed by atoms with Crippen LogP contribution in [-0.4, -0.2) is 48.8 Å². The van der Waals surface area contributed by atoms with E-state index in [1.165, 1.54) is 22.6 Å². The molecular formula is C19H24N4O4S. The fourth-order valence-corrected chi connectivity index (χ4v) is 4.61. The highest BCUT2D eigenvalue weighted by molar-refractivity contribution is 7.89. The van der Waals surface area contributed by atoms with Gasteiger partial charge >= 0.3 is 5.69 Å². The number of anilines is 1. The van der Waals surface area contributed by atoms with E-state index in [0.717, 1.165) is 5.56 Å². The second-order valence-corrected chi connectivity index (χ2v) is 9.71. The molecule has 1 aliphatic rings. The van der Waals surface area contributed by atoms with Gasteiger partial charge in [0, 0.05) is 38.4 Å². The van der Waals surface area contributed by atoms with Crippen LogP contribution in [0.25, 0.3) is 0 Å². The molecule has 3 rings (SSSR count). The molecule has 0 saturated carbocycles. The Morgan fingerprint density at radius 1 is 1.04 bits per heavy atom. The van der Waals surface area contributed by atoms with Crippen LogP contribution in [0.5, 0.6) is 0 Å². The lowest BCUT2D eigenvalue weighted by Gasteiger charge is -2.34. The number of pyridine rings is 1. The van der Waals surface area contributed by atoms with E-state index in [1.807, 2.05) is 12.1 Å². The molecule has 1 fully saturated rings. The van der Waals surface area contributed by atoms with E-state index < -0.39 is 14.9 Å². The van der Waals surface area contributed by atoms with Crippen LogP contribution in [0.15, 0.2) is 47.5 Å². The number of rotatable bonds is 4. The van der Waals surface area contributed by atoms with Gasteiger partial charge in [-0.05, 0) is 29.2 Å². The first kappa shape index (κ1) is 20.2. The minimum atomic E-state index is -3.60. The van der Waals surface area contributed by atoms with Crippen molar-refractivity contribution in [1.29, 1.82) is 0 Å². The fourth-order valence-electron chi connectivity index (χ4n) is 3.19. The van der Waals surface area contributed by atoms with E-state index in [0.29, 0.717) is 13.1 Å². The normalized spacial score (nSPS) is 16.2. The largest absolute Gasteiger partial charge is 0.348 e. The first-order valence-corrected chi connectivity index (χ1v) is 10.5. The molecule has 1 aromatic heterocycles. The third-order valence-corrected chi connectivity index (χ3v) is 6.77. The lowest BCUT2D eigenvalue weighted by Crippen LogP contribution is -2.49. The summed E-state index contributed by atoms with van der Waals surface area (Å²) in [5.41, 5.74) is 0.945. The van der Waals surface area contributed by atoms with Crippen molar-refractivity contribution in [2.45, 2.75) is 31.1 Å². The minimum Gasteiger partial charge on any atom is -0.348 e. The van der Waals surface area contributed by atoms with Crippen LogP contribution < -0.4 is 4.90 Å². The smallest absolute Gasteiger partial charge is 0.311 e. The molecule has 9 heteroatoms. The molecule has 0 unspecified atom stereocenters. The van der Waals surface area contributed by atoms with Crippen LogP contribution >= 0.6 is 0 Å². The van der Waals surface area contributed by atoms with Crippen LogP contribution in [0.3, 0.4) is 0 Å². The number of benzene rings is 1. The van der Waals surface area contributed by atoms with Crippen molar-refractivity contribution in [2.75, 3.05) is 31.1 Å². The summed E-state index contributed by atoms with van der Waals surface area (Å²) in [4.78, 5) is 16.9. The maximum Gasteiger partial charge on any atom is 0.311 e. The summed E-state index contributed by atoms with van der Waals surface area (Å²) in [5, 5.41) is 11.2. The van der Waals surface area contributed by atoms with Gasteiger partial charge in [-0.3, -0.25) is 10.1 Å². The van der Waals surface area contributed by atoms with Crippen molar-refractivity contribution in [2.24, 2.45) is 0 Å². The van der Waals surface area contributed by atoms with Gasteiger partial charge in [0.25, 0.3) is 0 Å². The number of sulfonamides is 1. The highest BCUT2D eigenvalue weighted by atomic mass is 32.2. The zero-order valence-electron chi connectivity index (χ0n) is 16.2. The van der Waals surface area contributed by atoms with Gasteiger partial charge in [0.1, 0.15) is 0 Å². The van der Waals surface area contributed by atoms with Crippen LogP contribution in [0, 0.1) is 10.1 Å². The quantitative estimate of drug-likeness (QED) is 0.574. The topological polar surface area (TPSA) is 96.7 Å². The predicted octanol–water partition coefficient (Wildman–Crippen LogP) is 2.80. The van der Waals surface area contributed by atoms with E-state index in [4.69, 9.17) is 0 Å². The molecule has 0 N–H and O–H groups in total. The second kappa shape index (κ2) is 7.48. The summed E-state index contributed by atoms with van der Waals surface area (Å²) < 4.78 is 27.3. The Balaban J connectivity index is 1.75. The Morgan fingerprint density at radius 2 is 1.64 bits per heavy atom. The molecule has 0 atom stereocenters. The lowest BCUT2D eigenvalue weighted by molar-refractivity contribution is -0.384. The van der Waals surface area contributed by atoms with Gasteiger partial charge in [0.05, 0.1) is 9.82 Å². The van der Waals surface area contributed by atoms with Crippen LogP contribution in [0.1, 0.15) is 26.3 Å². The van der Waals surface area contributed by atoms with Crippen molar-refractivity contribution in [1.82, 2.24) is 9.29 Å². The summed E-state index contributed by atoms with van der Waals surface area (Å²) in [5.74, 6) is 0.277. The molecule has 1 aliphatic heterocycles. The molecule has 1 saturated heterocycles. The van der Waals surface area contributed by atoms with Crippen molar-refractivity contribution >= 4 is 21.5 Å². The standard InChI is InChI=1S/C19H24N4O4S/c1-19(2,3)15-6-8-16(9-7-15)28(26,27)22-13-11-21(12-14-22)18-17(23(24)25)5-4-10-20-18/h4-10H,11-14H2,1-3H3. The highest BCUT2D eigenvalue weighted by Gasteiger charge is 2.31. The molecular weight excluding hydrogens is 380 g/mol. The van der Waals surface area contributed by atoms with E-state index >= 15 is 0 Å². The number of aromatic nitrogens is 1. The Labute approximate surface area is 165 Å². The Bertz CT molecular complexity index is 960. The molecule has 28 heavy (non-hydrogen) atoms. The van der Waals surface area contributed by atoms with Gasteiger partial charge in [-0.25, -0.2) is 13.4 Å². The number of hydrogen-bond donors (Lipinski definition) is 0. The highest BCUT2D eigenvalue weighted by Crippen LogP contribution is 2.28. The van der Waals surface area contributed by atoms with Gasteiger partial charge in [0.2, 0.25) is 15.8 Å². The van der Waals surface area contributed by atoms with Crippen molar-refractivity contribution in [3.05, 3.63) is 58.3 Å². The Kier molecular flexibility index (Phi) is 5.40. The van der Waals surface area contributed by atoms with E-state index in [2.05, 4.69) is 25.8 Å². The zero-order chi connectivity index (χ0) is 20.5. The molecule has 2 heterocycles. The second-order valence-electron chi connectivity index (χ2n) is 7.77. The average Bonchev–Trinajstić information content (AvgIpc) is 2.67. The summed E-state index contributed by atoms with van der Waals surface area (Å²) in [7, 11) is -3.60. The summed E-state index contributed by atoms with van der Waals surface area (Å²) in [6.07, 6.45) is 1.50. The van der Waals surface area contributed by atoms with Gasteiger partial charge in [0.15, 0.2) is 0 Å². The number of nitrogens with zero attached hydrogens (tertiary/aromatic N) is 4. The number of hydrogen-bond acceptors (Lipinski definition) is 6. The summed E-state index contributed by atoms with van der Waals surface area (Å²) >= 11 is 0. The van der Waals surface area contributed by atoms with E-state index in [1.54, 1.807) is 17.0 Å². The predicted molar refractivity (Wildman–Crippen MR) is 107 cm³/mol. The molecule has 8 nitrogen and oxygen atoms in total. The van der Waals surface area contributed by atoms with Gasteiger partial charge in [-0.15, -0.1) is 0 Å². The van der Waals surface area contributed by atoms with Gasteiger partial charge < -0.3 is 4.90 Å². The fraction of sp³-hybridized carbons (Fsp3) is 0.421. The van der Waals surface area contributed by atoms with Crippen molar-refractivity contribution in [3.8, 4) is 0 Å². The van der Waals surface area contributed by atoms with E-state index in [-0.39, 0.29) is 34.9 Å². The summed E-state index contributed by atoms with van der Waals surface area (Å²) in [6, 6.07) is 9.91. The molecule has 0 radical (unpaired) electrons. The molecule has 0 aliphatic carbocycles. The summed E-state index contributed by atoms with van der Waals surface area (Å²) in [6.45, 7) is 7.41. The SMILES string of the molecule is CC(C)(C)c1ccc(S(=O)(=O)N2CCN(c3ncccc3[N+](=O)[O-])CC2)cc1. The molecule has 1 aromatic carbocycles. The van der Waals surface area contributed by atoms with Crippen molar-refractivity contribution < 1.29 is 13.3 Å². The van der Waals surface area contributed by atoms with Gasteiger partial charge in [-0.2, -0.15) is 4.31 Å². The average molecular weight is 404 g/mol. The first-order chi connectivity index (χ1) is 13.1. The van der Waals surface area contributed by atoms with Crippen LogP contribution in [-0.2, 0) is 15.4 Å². The van der Waals surface area contributed by atoms with Crippen LogP contribution in [0.2, 0.25) is 0 Å². The van der Waals surface area contributed by atoms with E-state index in [9.17, 15) is 18.5 Å². The zero-order valence-corrected chi connectivity index (χ0v) is 17.0. The first-order valence-electron chi connectivity index (χ1n) is 9.06. The van der Waals surface area contributed by atoms with Crippen LogP contribution in [0.4, 0.5) is 11.5 Å². The molecule has 150 valence electrons. The minimum absolute atomic E-state index is 0.0503. The lowest BCUT2D eigenvalue weighted by atomic mass is 9.87. The molecule has 0 amide bonds.